The molecule has 11 heavy (non-hydrogen) atoms. The fourth-order valence-corrected chi connectivity index (χ4v) is 1.16. The molecule has 0 aromatic rings. The Morgan fingerprint density at radius 2 is 2.64 bits per heavy atom. The SMILES string of the molecule is C=CCNC1CCC(=O)NC1. The maximum Gasteiger partial charge on any atom is 0.220 e. The fourth-order valence-electron chi connectivity index (χ4n) is 1.16. The first-order valence-electron chi connectivity index (χ1n) is 3.94. The Balaban J connectivity index is 2.16. The second-order valence-corrected chi connectivity index (χ2v) is 2.74. The number of rotatable bonds is 3. The van der Waals surface area contributed by atoms with E-state index in [1.165, 1.54) is 0 Å². The van der Waals surface area contributed by atoms with Gasteiger partial charge in [-0.3, -0.25) is 4.79 Å². The summed E-state index contributed by atoms with van der Waals surface area (Å²) in [5.74, 6) is 0.168. The molecule has 1 aliphatic heterocycles. The fraction of sp³-hybridized carbons (Fsp3) is 0.625. The van der Waals surface area contributed by atoms with Crippen molar-refractivity contribution in [3.63, 3.8) is 0 Å². The van der Waals surface area contributed by atoms with Gasteiger partial charge in [0, 0.05) is 25.6 Å². The highest BCUT2D eigenvalue weighted by Crippen LogP contribution is 2.01. The lowest BCUT2D eigenvalue weighted by molar-refractivity contribution is -0.122. The third-order valence-corrected chi connectivity index (χ3v) is 1.82. The van der Waals surface area contributed by atoms with E-state index in [9.17, 15) is 4.79 Å². The summed E-state index contributed by atoms with van der Waals surface area (Å²) in [6.07, 6.45) is 3.42. The van der Waals surface area contributed by atoms with Crippen LogP contribution < -0.4 is 10.6 Å². The second kappa shape index (κ2) is 4.13. The van der Waals surface area contributed by atoms with Crippen molar-refractivity contribution in [3.05, 3.63) is 12.7 Å². The molecule has 1 unspecified atom stereocenters. The smallest absolute Gasteiger partial charge is 0.220 e. The zero-order valence-corrected chi connectivity index (χ0v) is 6.60. The average Bonchev–Trinajstić information content (AvgIpc) is 2.04. The van der Waals surface area contributed by atoms with Gasteiger partial charge in [-0.1, -0.05) is 6.08 Å². The predicted molar refractivity (Wildman–Crippen MR) is 44.2 cm³/mol. The molecule has 1 amide bonds. The first-order valence-corrected chi connectivity index (χ1v) is 3.94. The van der Waals surface area contributed by atoms with Crippen molar-refractivity contribution >= 4 is 5.91 Å². The van der Waals surface area contributed by atoms with E-state index < -0.39 is 0 Å². The van der Waals surface area contributed by atoms with Crippen molar-refractivity contribution in [1.82, 2.24) is 10.6 Å². The first kappa shape index (κ1) is 8.27. The molecule has 1 fully saturated rings. The van der Waals surface area contributed by atoms with Crippen LogP contribution in [0.5, 0.6) is 0 Å². The molecule has 3 heteroatoms. The standard InChI is InChI=1S/C8H14N2O/c1-2-5-9-7-3-4-8(11)10-6-7/h2,7,9H,1,3-6H2,(H,10,11). The molecular weight excluding hydrogens is 140 g/mol. The van der Waals surface area contributed by atoms with E-state index in [2.05, 4.69) is 17.2 Å². The van der Waals surface area contributed by atoms with Crippen LogP contribution in [-0.2, 0) is 4.79 Å². The van der Waals surface area contributed by atoms with Crippen molar-refractivity contribution in [2.75, 3.05) is 13.1 Å². The van der Waals surface area contributed by atoms with Crippen LogP contribution in [0.15, 0.2) is 12.7 Å². The van der Waals surface area contributed by atoms with Crippen molar-refractivity contribution < 1.29 is 4.79 Å². The third kappa shape index (κ3) is 2.72. The summed E-state index contributed by atoms with van der Waals surface area (Å²) in [5.41, 5.74) is 0. The van der Waals surface area contributed by atoms with Gasteiger partial charge in [0.05, 0.1) is 0 Å². The van der Waals surface area contributed by atoms with E-state index in [0.717, 1.165) is 19.5 Å². The van der Waals surface area contributed by atoms with Gasteiger partial charge < -0.3 is 10.6 Å². The van der Waals surface area contributed by atoms with Crippen LogP contribution in [0, 0.1) is 0 Å². The van der Waals surface area contributed by atoms with Crippen LogP contribution in [0.2, 0.25) is 0 Å². The van der Waals surface area contributed by atoms with Gasteiger partial charge in [-0.2, -0.15) is 0 Å². The molecule has 1 heterocycles. The number of hydrogen-bond donors (Lipinski definition) is 2. The molecule has 0 bridgehead atoms. The number of piperidine rings is 1. The molecule has 0 saturated carbocycles. The number of nitrogens with one attached hydrogen (secondary N) is 2. The molecular formula is C8H14N2O. The van der Waals surface area contributed by atoms with Crippen molar-refractivity contribution in [2.24, 2.45) is 0 Å². The number of carbonyl (C=O) groups excluding carboxylic acids is 1. The molecule has 1 aliphatic rings. The minimum absolute atomic E-state index is 0.168. The largest absolute Gasteiger partial charge is 0.355 e. The number of carbonyl (C=O) groups is 1. The monoisotopic (exact) mass is 154 g/mol. The molecule has 0 aliphatic carbocycles. The van der Waals surface area contributed by atoms with Crippen LogP contribution >= 0.6 is 0 Å². The Hall–Kier alpha value is -0.830. The molecule has 0 spiro atoms. The van der Waals surface area contributed by atoms with E-state index in [-0.39, 0.29) is 5.91 Å². The van der Waals surface area contributed by atoms with E-state index in [4.69, 9.17) is 0 Å². The van der Waals surface area contributed by atoms with Gasteiger partial charge in [-0.15, -0.1) is 6.58 Å². The average molecular weight is 154 g/mol. The number of amides is 1. The molecule has 1 saturated heterocycles. The van der Waals surface area contributed by atoms with Gasteiger partial charge >= 0.3 is 0 Å². The topological polar surface area (TPSA) is 41.1 Å². The molecule has 62 valence electrons. The third-order valence-electron chi connectivity index (χ3n) is 1.82. The van der Waals surface area contributed by atoms with Crippen LogP contribution in [0.25, 0.3) is 0 Å². The van der Waals surface area contributed by atoms with Gasteiger partial charge in [0.1, 0.15) is 0 Å². The highest BCUT2D eigenvalue weighted by atomic mass is 16.1. The van der Waals surface area contributed by atoms with Gasteiger partial charge in [-0.05, 0) is 6.42 Å². The van der Waals surface area contributed by atoms with Crippen molar-refractivity contribution in [1.29, 1.82) is 0 Å². The molecule has 0 aromatic heterocycles. The molecule has 1 atom stereocenters. The van der Waals surface area contributed by atoms with Crippen LogP contribution in [0.4, 0.5) is 0 Å². The normalized spacial score (nSPS) is 24.4. The maximum atomic E-state index is 10.7. The minimum atomic E-state index is 0.168. The van der Waals surface area contributed by atoms with E-state index in [1.54, 1.807) is 0 Å². The van der Waals surface area contributed by atoms with Gasteiger partial charge in [0.2, 0.25) is 5.91 Å². The van der Waals surface area contributed by atoms with E-state index in [0.29, 0.717) is 12.5 Å². The zero-order chi connectivity index (χ0) is 8.10. The lowest BCUT2D eigenvalue weighted by Crippen LogP contribution is -2.45. The summed E-state index contributed by atoms with van der Waals surface area (Å²) < 4.78 is 0. The summed E-state index contributed by atoms with van der Waals surface area (Å²) in [6.45, 7) is 5.19. The van der Waals surface area contributed by atoms with Crippen molar-refractivity contribution in [2.45, 2.75) is 18.9 Å². The summed E-state index contributed by atoms with van der Waals surface area (Å²) in [6, 6.07) is 0.436. The Labute approximate surface area is 66.9 Å². The highest BCUT2D eigenvalue weighted by Gasteiger charge is 2.15. The van der Waals surface area contributed by atoms with Crippen molar-refractivity contribution in [3.8, 4) is 0 Å². The Morgan fingerprint density at radius 3 is 3.18 bits per heavy atom. The zero-order valence-electron chi connectivity index (χ0n) is 6.60. The Kier molecular flexibility index (Phi) is 3.11. The lowest BCUT2D eigenvalue weighted by atomic mass is 10.1. The summed E-state index contributed by atoms with van der Waals surface area (Å²) in [4.78, 5) is 10.7. The van der Waals surface area contributed by atoms with Gasteiger partial charge in [-0.25, -0.2) is 0 Å². The van der Waals surface area contributed by atoms with E-state index >= 15 is 0 Å². The molecule has 2 N–H and O–H groups in total. The first-order chi connectivity index (χ1) is 5.33. The summed E-state index contributed by atoms with van der Waals surface area (Å²) >= 11 is 0. The molecule has 1 rings (SSSR count). The summed E-state index contributed by atoms with van der Waals surface area (Å²) in [7, 11) is 0. The van der Waals surface area contributed by atoms with Crippen LogP contribution in [0.1, 0.15) is 12.8 Å². The lowest BCUT2D eigenvalue weighted by Gasteiger charge is -2.22. The summed E-state index contributed by atoms with van der Waals surface area (Å²) in [5, 5.41) is 6.06. The Bertz CT molecular complexity index is 143. The highest BCUT2D eigenvalue weighted by molar-refractivity contribution is 5.76. The molecule has 0 aromatic carbocycles. The van der Waals surface area contributed by atoms with Crippen LogP contribution in [0.3, 0.4) is 0 Å². The maximum absolute atomic E-state index is 10.7. The quantitative estimate of drug-likeness (QED) is 0.563. The van der Waals surface area contributed by atoms with E-state index in [1.807, 2.05) is 6.08 Å². The number of hydrogen-bond acceptors (Lipinski definition) is 2. The van der Waals surface area contributed by atoms with Gasteiger partial charge in [0.25, 0.3) is 0 Å². The Morgan fingerprint density at radius 1 is 1.82 bits per heavy atom. The molecule has 3 nitrogen and oxygen atoms in total. The minimum Gasteiger partial charge on any atom is -0.355 e. The predicted octanol–water partition coefficient (Wildman–Crippen LogP) is 0.0406. The van der Waals surface area contributed by atoms with Gasteiger partial charge in [0.15, 0.2) is 0 Å². The molecule has 0 radical (unpaired) electrons. The van der Waals surface area contributed by atoms with Crippen LogP contribution in [-0.4, -0.2) is 25.0 Å². The second-order valence-electron chi connectivity index (χ2n) is 2.74.